The third kappa shape index (κ3) is 5.42. The number of rotatable bonds is 8. The summed E-state index contributed by atoms with van der Waals surface area (Å²) in [5.41, 5.74) is 0.638. The highest BCUT2D eigenvalue weighted by Crippen LogP contribution is 2.37. The maximum Gasteiger partial charge on any atom is 0.237 e. The Hall–Kier alpha value is -2.92. The fraction of sp³-hybridized carbons (Fsp3) is 0.300. The zero-order chi connectivity index (χ0) is 22.0. The van der Waals surface area contributed by atoms with Crippen LogP contribution in [0.2, 0.25) is 0 Å². The number of hydrogen-bond donors (Lipinski definition) is 1. The highest BCUT2D eigenvalue weighted by Gasteiger charge is 2.29. The van der Waals surface area contributed by atoms with Crippen LogP contribution in [-0.2, 0) is 14.6 Å². The second-order valence-corrected chi connectivity index (χ2v) is 10.6. The number of carbonyl (C=O) groups is 1. The number of hydrogen-bond acceptors (Lipinski definition) is 8. The standard InChI is InChI=1S/C20H21N5O4S2/c1-13(30-20-22-23-24-25(20)15-5-6-15)19(26)21-14-3-7-16(8-4-14)29-17-9-11-18(12-10-17)31(2,27)28/h3-4,7-13,15H,5-6H2,1-2H3,(H,21,26). The first kappa shape index (κ1) is 21.3. The zero-order valence-corrected chi connectivity index (χ0v) is 18.6. The van der Waals surface area contributed by atoms with Crippen LogP contribution >= 0.6 is 11.8 Å². The van der Waals surface area contributed by atoms with E-state index in [9.17, 15) is 13.2 Å². The Bertz CT molecular complexity index is 1170. The summed E-state index contributed by atoms with van der Waals surface area (Å²) >= 11 is 1.33. The second-order valence-electron chi connectivity index (χ2n) is 7.26. The summed E-state index contributed by atoms with van der Waals surface area (Å²) in [5.74, 6) is 0.930. The predicted molar refractivity (Wildman–Crippen MR) is 116 cm³/mol. The summed E-state index contributed by atoms with van der Waals surface area (Å²) in [6.07, 6.45) is 3.29. The normalized spacial score (nSPS) is 14.8. The lowest BCUT2D eigenvalue weighted by Gasteiger charge is -2.12. The summed E-state index contributed by atoms with van der Waals surface area (Å²) in [6.45, 7) is 1.81. The van der Waals surface area contributed by atoms with E-state index >= 15 is 0 Å². The van der Waals surface area contributed by atoms with Gasteiger partial charge in [-0.15, -0.1) is 5.10 Å². The number of sulfone groups is 1. The van der Waals surface area contributed by atoms with Crippen LogP contribution in [0, 0.1) is 0 Å². The maximum absolute atomic E-state index is 12.5. The van der Waals surface area contributed by atoms with E-state index in [0.717, 1.165) is 19.1 Å². The van der Waals surface area contributed by atoms with Crippen LogP contribution in [0.25, 0.3) is 0 Å². The van der Waals surface area contributed by atoms with Crippen molar-refractivity contribution in [2.75, 3.05) is 11.6 Å². The van der Waals surface area contributed by atoms with Crippen molar-refractivity contribution < 1.29 is 17.9 Å². The van der Waals surface area contributed by atoms with Crippen LogP contribution in [0.3, 0.4) is 0 Å². The fourth-order valence-electron chi connectivity index (χ4n) is 2.76. The number of tetrazole rings is 1. The molecule has 162 valence electrons. The van der Waals surface area contributed by atoms with Gasteiger partial charge in [0.1, 0.15) is 11.5 Å². The molecule has 2 aromatic carbocycles. The zero-order valence-electron chi connectivity index (χ0n) is 16.9. The molecule has 1 heterocycles. The molecule has 4 rings (SSSR count). The molecule has 1 aliphatic rings. The lowest BCUT2D eigenvalue weighted by Crippen LogP contribution is -2.22. The smallest absolute Gasteiger partial charge is 0.237 e. The van der Waals surface area contributed by atoms with Crippen molar-refractivity contribution in [2.24, 2.45) is 0 Å². The van der Waals surface area contributed by atoms with Gasteiger partial charge in [0.05, 0.1) is 16.2 Å². The topological polar surface area (TPSA) is 116 Å². The number of nitrogens with one attached hydrogen (secondary N) is 1. The second kappa shape index (κ2) is 8.67. The van der Waals surface area contributed by atoms with Crippen molar-refractivity contribution in [2.45, 2.75) is 41.1 Å². The van der Waals surface area contributed by atoms with Crippen LogP contribution < -0.4 is 10.1 Å². The molecule has 31 heavy (non-hydrogen) atoms. The van der Waals surface area contributed by atoms with Crippen molar-refractivity contribution in [1.29, 1.82) is 0 Å². The van der Waals surface area contributed by atoms with E-state index in [2.05, 4.69) is 20.8 Å². The lowest BCUT2D eigenvalue weighted by atomic mass is 10.3. The molecule has 1 fully saturated rings. The number of anilines is 1. The summed E-state index contributed by atoms with van der Waals surface area (Å²) < 4.78 is 30.6. The number of amides is 1. The molecule has 0 bridgehead atoms. The van der Waals surface area contributed by atoms with Gasteiger partial charge in [-0.25, -0.2) is 13.1 Å². The minimum atomic E-state index is -3.25. The van der Waals surface area contributed by atoms with Crippen molar-refractivity contribution in [3.63, 3.8) is 0 Å². The van der Waals surface area contributed by atoms with Crippen LogP contribution in [0.1, 0.15) is 25.8 Å². The summed E-state index contributed by atoms with van der Waals surface area (Å²) in [4.78, 5) is 12.8. The predicted octanol–water partition coefficient (Wildman–Crippen LogP) is 3.32. The Morgan fingerprint density at radius 1 is 1.13 bits per heavy atom. The van der Waals surface area contributed by atoms with E-state index in [0.29, 0.717) is 28.4 Å². The molecular formula is C20H21N5O4S2. The quantitative estimate of drug-likeness (QED) is 0.510. The fourth-order valence-corrected chi connectivity index (χ4v) is 4.25. The Morgan fingerprint density at radius 2 is 1.74 bits per heavy atom. The molecule has 9 nitrogen and oxygen atoms in total. The molecule has 0 spiro atoms. The monoisotopic (exact) mass is 459 g/mol. The molecule has 11 heteroatoms. The minimum absolute atomic E-state index is 0.152. The van der Waals surface area contributed by atoms with Gasteiger partial charge in [0.15, 0.2) is 9.84 Å². The molecule has 1 N–H and O–H groups in total. The first-order chi connectivity index (χ1) is 14.8. The molecule has 1 saturated carbocycles. The third-order valence-corrected chi connectivity index (χ3v) is 6.79. The molecule has 0 radical (unpaired) electrons. The van der Waals surface area contributed by atoms with Crippen molar-refractivity contribution >= 4 is 33.2 Å². The molecule has 0 aliphatic heterocycles. The number of benzene rings is 2. The third-order valence-electron chi connectivity index (χ3n) is 4.62. The van der Waals surface area contributed by atoms with Gasteiger partial charge in [-0.05, 0) is 78.7 Å². The van der Waals surface area contributed by atoms with Crippen LogP contribution in [0.5, 0.6) is 11.5 Å². The number of nitrogens with zero attached hydrogens (tertiary/aromatic N) is 4. The highest BCUT2D eigenvalue weighted by molar-refractivity contribution is 8.00. The van der Waals surface area contributed by atoms with Gasteiger partial charge >= 0.3 is 0 Å². The molecule has 1 aliphatic carbocycles. The largest absolute Gasteiger partial charge is 0.457 e. The van der Waals surface area contributed by atoms with Crippen LogP contribution in [0.15, 0.2) is 58.6 Å². The summed E-state index contributed by atoms with van der Waals surface area (Å²) in [5, 5.41) is 14.9. The van der Waals surface area contributed by atoms with E-state index in [-0.39, 0.29) is 16.1 Å². The summed E-state index contributed by atoms with van der Waals surface area (Å²) in [7, 11) is -3.25. The maximum atomic E-state index is 12.5. The van der Waals surface area contributed by atoms with Gasteiger partial charge in [-0.1, -0.05) is 11.8 Å². The Kier molecular flexibility index (Phi) is 5.96. The van der Waals surface area contributed by atoms with Crippen LogP contribution in [0.4, 0.5) is 5.69 Å². The molecule has 3 aromatic rings. The molecule has 0 saturated heterocycles. The van der Waals surface area contributed by atoms with Gasteiger partial charge in [0.25, 0.3) is 0 Å². The van der Waals surface area contributed by atoms with Gasteiger partial charge in [0, 0.05) is 11.9 Å². The number of thioether (sulfide) groups is 1. The SMILES string of the molecule is CC(Sc1nnnn1C1CC1)C(=O)Nc1ccc(Oc2ccc(S(C)(=O)=O)cc2)cc1. The van der Waals surface area contributed by atoms with Gasteiger partial charge < -0.3 is 10.1 Å². The molecule has 1 atom stereocenters. The Balaban J connectivity index is 1.33. The highest BCUT2D eigenvalue weighted by atomic mass is 32.2. The van der Waals surface area contributed by atoms with Gasteiger partial charge in [-0.3, -0.25) is 4.79 Å². The molecule has 1 unspecified atom stereocenters. The Morgan fingerprint density at radius 3 is 2.32 bits per heavy atom. The van der Waals surface area contributed by atoms with Crippen LogP contribution in [-0.4, -0.2) is 46.0 Å². The van der Waals surface area contributed by atoms with E-state index in [1.807, 2.05) is 6.92 Å². The van der Waals surface area contributed by atoms with Crippen molar-refractivity contribution in [3.05, 3.63) is 48.5 Å². The molecular weight excluding hydrogens is 438 g/mol. The number of aromatic nitrogens is 4. The first-order valence-electron chi connectivity index (χ1n) is 9.63. The van der Waals surface area contributed by atoms with Gasteiger partial charge in [0.2, 0.25) is 11.1 Å². The van der Waals surface area contributed by atoms with Gasteiger partial charge in [-0.2, -0.15) is 0 Å². The lowest BCUT2D eigenvalue weighted by molar-refractivity contribution is -0.115. The molecule has 1 aromatic heterocycles. The number of carbonyl (C=O) groups excluding carboxylic acids is 1. The minimum Gasteiger partial charge on any atom is -0.457 e. The van der Waals surface area contributed by atoms with E-state index in [1.54, 1.807) is 41.1 Å². The van der Waals surface area contributed by atoms with E-state index in [1.165, 1.54) is 23.9 Å². The average Bonchev–Trinajstić information content (AvgIpc) is 3.48. The van der Waals surface area contributed by atoms with Crippen molar-refractivity contribution in [1.82, 2.24) is 20.2 Å². The Labute approximate surface area is 184 Å². The van der Waals surface area contributed by atoms with E-state index in [4.69, 9.17) is 4.74 Å². The first-order valence-corrected chi connectivity index (χ1v) is 12.4. The summed E-state index contributed by atoms with van der Waals surface area (Å²) in [6, 6.07) is 13.5. The number of ether oxygens (including phenoxy) is 1. The van der Waals surface area contributed by atoms with Crippen molar-refractivity contribution in [3.8, 4) is 11.5 Å². The molecule has 1 amide bonds. The average molecular weight is 460 g/mol. The van der Waals surface area contributed by atoms with E-state index < -0.39 is 9.84 Å².